The van der Waals surface area contributed by atoms with Gasteiger partial charge in [0.25, 0.3) is 0 Å². The average molecular weight is 330 g/mol. The van der Waals surface area contributed by atoms with Gasteiger partial charge < -0.3 is 10.1 Å². The zero-order valence-corrected chi connectivity index (χ0v) is 12.8. The van der Waals surface area contributed by atoms with Crippen LogP contribution < -0.4 is 10.1 Å². The minimum atomic E-state index is -2.92. The van der Waals surface area contributed by atoms with Gasteiger partial charge in [0, 0.05) is 12.1 Å². The number of hydrogen-bond donors (Lipinski definition) is 1. The van der Waals surface area contributed by atoms with E-state index in [1.54, 1.807) is 0 Å². The standard InChI is InChI=1S/C16H18ClF2NO2/c17-13-8-12(3-4-14(13)22-16(18)19)20-15(21)7-11-6-9-1-2-10(11)5-9/h3-4,8-11,16H,1-2,5-7H2,(H,20,21)/t9-,10-,11-/m0/s1. The molecule has 6 heteroatoms. The van der Waals surface area contributed by atoms with Crippen LogP contribution >= 0.6 is 11.6 Å². The van der Waals surface area contributed by atoms with Gasteiger partial charge in [-0.1, -0.05) is 18.0 Å². The Labute approximate surface area is 133 Å². The van der Waals surface area contributed by atoms with Crippen molar-refractivity contribution in [3.63, 3.8) is 0 Å². The molecule has 0 aromatic heterocycles. The maximum absolute atomic E-state index is 12.2. The van der Waals surface area contributed by atoms with Crippen LogP contribution in [0.15, 0.2) is 18.2 Å². The molecule has 0 saturated heterocycles. The molecule has 120 valence electrons. The molecule has 0 unspecified atom stereocenters. The molecule has 2 aliphatic carbocycles. The smallest absolute Gasteiger partial charge is 0.387 e. The van der Waals surface area contributed by atoms with Gasteiger partial charge in [-0.05, 0) is 55.2 Å². The number of rotatable bonds is 5. The molecule has 1 aromatic carbocycles. The maximum atomic E-state index is 12.2. The molecule has 0 spiro atoms. The highest BCUT2D eigenvalue weighted by Crippen LogP contribution is 2.49. The molecule has 3 rings (SSSR count). The van der Waals surface area contributed by atoms with Crippen LogP contribution in [0.4, 0.5) is 14.5 Å². The van der Waals surface area contributed by atoms with Gasteiger partial charge in [0.2, 0.25) is 5.91 Å². The Hall–Kier alpha value is -1.36. The summed E-state index contributed by atoms with van der Waals surface area (Å²) < 4.78 is 28.6. The van der Waals surface area contributed by atoms with Crippen molar-refractivity contribution in [1.29, 1.82) is 0 Å². The van der Waals surface area contributed by atoms with Crippen molar-refractivity contribution >= 4 is 23.2 Å². The number of halogens is 3. The molecule has 1 amide bonds. The van der Waals surface area contributed by atoms with Crippen molar-refractivity contribution in [2.75, 3.05) is 5.32 Å². The third-order valence-corrected chi connectivity index (χ3v) is 5.06. The third kappa shape index (κ3) is 3.51. The van der Waals surface area contributed by atoms with Crippen molar-refractivity contribution in [3.05, 3.63) is 23.2 Å². The van der Waals surface area contributed by atoms with E-state index in [1.807, 2.05) is 0 Å². The van der Waals surface area contributed by atoms with Crippen LogP contribution in [0.5, 0.6) is 5.75 Å². The number of amides is 1. The summed E-state index contributed by atoms with van der Waals surface area (Å²) in [5.41, 5.74) is 0.500. The molecule has 2 fully saturated rings. The lowest BCUT2D eigenvalue weighted by atomic mass is 9.86. The SMILES string of the molecule is O=C(C[C@@H]1C[C@H]2CC[C@H]1C2)Nc1ccc(OC(F)F)c(Cl)c1. The van der Waals surface area contributed by atoms with Gasteiger partial charge in [-0.2, -0.15) is 8.78 Å². The summed E-state index contributed by atoms with van der Waals surface area (Å²) in [5, 5.41) is 2.84. The Morgan fingerprint density at radius 3 is 2.77 bits per heavy atom. The Balaban J connectivity index is 1.56. The van der Waals surface area contributed by atoms with E-state index in [9.17, 15) is 13.6 Å². The van der Waals surface area contributed by atoms with Crippen molar-refractivity contribution in [2.24, 2.45) is 17.8 Å². The van der Waals surface area contributed by atoms with Crippen molar-refractivity contribution < 1.29 is 18.3 Å². The Bertz CT molecular complexity index is 567. The van der Waals surface area contributed by atoms with Gasteiger partial charge in [0.05, 0.1) is 5.02 Å². The number of carbonyl (C=O) groups is 1. The molecule has 3 nitrogen and oxygen atoms in total. The fourth-order valence-electron chi connectivity index (χ4n) is 3.85. The number of ether oxygens (including phenoxy) is 1. The van der Waals surface area contributed by atoms with Crippen LogP contribution in [0.1, 0.15) is 32.1 Å². The lowest BCUT2D eigenvalue weighted by molar-refractivity contribution is -0.117. The quantitative estimate of drug-likeness (QED) is 0.849. The lowest BCUT2D eigenvalue weighted by Gasteiger charge is -2.21. The third-order valence-electron chi connectivity index (χ3n) is 4.76. The van der Waals surface area contributed by atoms with E-state index < -0.39 is 6.61 Å². The first-order chi connectivity index (χ1) is 10.5. The predicted octanol–water partition coefficient (Wildman–Crippen LogP) is 4.71. The van der Waals surface area contributed by atoms with Crippen LogP contribution in [-0.4, -0.2) is 12.5 Å². The summed E-state index contributed by atoms with van der Waals surface area (Å²) in [7, 11) is 0. The summed E-state index contributed by atoms with van der Waals surface area (Å²) in [4.78, 5) is 12.1. The van der Waals surface area contributed by atoms with Crippen LogP contribution in [-0.2, 0) is 4.79 Å². The second kappa shape index (κ2) is 6.41. The number of hydrogen-bond acceptors (Lipinski definition) is 2. The van der Waals surface area contributed by atoms with Gasteiger partial charge in [0.1, 0.15) is 5.75 Å². The van der Waals surface area contributed by atoms with Crippen LogP contribution in [0.2, 0.25) is 5.02 Å². The number of fused-ring (bicyclic) bond motifs is 2. The van der Waals surface area contributed by atoms with Crippen LogP contribution in [0.3, 0.4) is 0 Å². The van der Waals surface area contributed by atoms with E-state index >= 15 is 0 Å². The molecule has 3 atom stereocenters. The summed E-state index contributed by atoms with van der Waals surface area (Å²) >= 11 is 5.87. The average Bonchev–Trinajstić information content (AvgIpc) is 3.03. The summed E-state index contributed by atoms with van der Waals surface area (Å²) in [5.74, 6) is 1.85. The topological polar surface area (TPSA) is 38.3 Å². The van der Waals surface area contributed by atoms with E-state index in [0.29, 0.717) is 23.9 Å². The van der Waals surface area contributed by atoms with Crippen molar-refractivity contribution in [2.45, 2.75) is 38.7 Å². The van der Waals surface area contributed by atoms with E-state index in [1.165, 1.54) is 37.5 Å². The molecule has 2 aliphatic rings. The number of nitrogens with one attached hydrogen (secondary N) is 1. The predicted molar refractivity (Wildman–Crippen MR) is 80.3 cm³/mol. The summed E-state index contributed by atoms with van der Waals surface area (Å²) in [6, 6.07) is 4.28. The molecule has 2 bridgehead atoms. The zero-order chi connectivity index (χ0) is 15.7. The minimum Gasteiger partial charge on any atom is -0.433 e. The monoisotopic (exact) mass is 329 g/mol. The highest BCUT2D eigenvalue weighted by Gasteiger charge is 2.40. The molecular formula is C16H18ClF2NO2. The summed E-state index contributed by atoms with van der Waals surface area (Å²) in [6.45, 7) is -2.92. The maximum Gasteiger partial charge on any atom is 0.387 e. The fourth-order valence-corrected chi connectivity index (χ4v) is 4.07. The molecule has 1 N–H and O–H groups in total. The van der Waals surface area contributed by atoms with Gasteiger partial charge in [-0.15, -0.1) is 0 Å². The minimum absolute atomic E-state index is 0.0452. The lowest BCUT2D eigenvalue weighted by Crippen LogP contribution is -2.20. The zero-order valence-electron chi connectivity index (χ0n) is 12.0. The summed E-state index contributed by atoms with van der Waals surface area (Å²) in [6.07, 6.45) is 5.50. The van der Waals surface area contributed by atoms with Gasteiger partial charge in [-0.25, -0.2) is 0 Å². The van der Waals surface area contributed by atoms with Crippen LogP contribution in [0, 0.1) is 17.8 Å². The van der Waals surface area contributed by atoms with Gasteiger partial charge in [0.15, 0.2) is 0 Å². The molecule has 22 heavy (non-hydrogen) atoms. The van der Waals surface area contributed by atoms with E-state index in [0.717, 1.165) is 12.3 Å². The Morgan fingerprint density at radius 1 is 1.36 bits per heavy atom. The molecule has 0 radical (unpaired) electrons. The van der Waals surface area contributed by atoms with E-state index in [-0.39, 0.29) is 16.7 Å². The number of benzene rings is 1. The molecular weight excluding hydrogens is 312 g/mol. The number of anilines is 1. The van der Waals surface area contributed by atoms with Gasteiger partial charge >= 0.3 is 6.61 Å². The highest BCUT2D eigenvalue weighted by molar-refractivity contribution is 6.32. The number of alkyl halides is 2. The number of carbonyl (C=O) groups excluding carboxylic acids is 1. The second-order valence-corrected chi connectivity index (χ2v) is 6.62. The molecule has 0 heterocycles. The van der Waals surface area contributed by atoms with Crippen molar-refractivity contribution in [3.8, 4) is 5.75 Å². The second-order valence-electron chi connectivity index (χ2n) is 6.21. The Kier molecular flexibility index (Phi) is 4.52. The van der Waals surface area contributed by atoms with Crippen molar-refractivity contribution in [1.82, 2.24) is 0 Å². The normalized spacial score (nSPS) is 26.5. The molecule has 1 aromatic rings. The van der Waals surface area contributed by atoms with Gasteiger partial charge in [-0.3, -0.25) is 4.79 Å². The van der Waals surface area contributed by atoms with E-state index in [4.69, 9.17) is 11.6 Å². The highest BCUT2D eigenvalue weighted by atomic mass is 35.5. The molecule has 0 aliphatic heterocycles. The first-order valence-electron chi connectivity index (χ1n) is 7.55. The molecule has 2 saturated carbocycles. The largest absolute Gasteiger partial charge is 0.433 e. The first kappa shape index (κ1) is 15.5. The first-order valence-corrected chi connectivity index (χ1v) is 7.93. The Morgan fingerprint density at radius 2 is 2.18 bits per heavy atom. The van der Waals surface area contributed by atoms with E-state index in [2.05, 4.69) is 10.1 Å². The van der Waals surface area contributed by atoms with Crippen LogP contribution in [0.25, 0.3) is 0 Å². The fraction of sp³-hybridized carbons (Fsp3) is 0.562.